The van der Waals surface area contributed by atoms with Crippen LogP contribution >= 0.6 is 23.4 Å². The van der Waals surface area contributed by atoms with Crippen molar-refractivity contribution in [2.24, 2.45) is 5.10 Å². The van der Waals surface area contributed by atoms with Gasteiger partial charge in [-0.1, -0.05) is 11.6 Å². The number of carboxylic acid groups (broad SMARTS) is 1. The van der Waals surface area contributed by atoms with E-state index in [-0.39, 0.29) is 11.7 Å². The second kappa shape index (κ2) is 9.99. The molecule has 6 nitrogen and oxygen atoms in total. The van der Waals surface area contributed by atoms with E-state index in [0.29, 0.717) is 27.8 Å². The number of halogens is 1. The van der Waals surface area contributed by atoms with E-state index in [2.05, 4.69) is 10.5 Å². The number of ether oxygens (including phenoxy) is 1. The summed E-state index contributed by atoms with van der Waals surface area (Å²) < 4.78 is 5.31. The first-order valence-electron chi connectivity index (χ1n) is 7.95. The molecule has 0 aliphatic rings. The number of carboxylic acids is 1. The molecule has 142 valence electrons. The van der Waals surface area contributed by atoms with Gasteiger partial charge in [0, 0.05) is 27.7 Å². The molecule has 1 N–H and O–H groups in total. The SMILES string of the molecule is COc1ccc(/C(C)=N\NC(=O)c2ccc(Cl)cc2)cc1CSCC(=O)[O-]. The van der Waals surface area contributed by atoms with Crippen molar-refractivity contribution in [3.05, 3.63) is 64.2 Å². The largest absolute Gasteiger partial charge is 0.549 e. The van der Waals surface area contributed by atoms with E-state index in [9.17, 15) is 14.7 Å². The number of rotatable bonds is 8. The average Bonchev–Trinajstić information content (AvgIpc) is 2.66. The summed E-state index contributed by atoms with van der Waals surface area (Å²) in [5, 5.41) is 15.3. The van der Waals surface area contributed by atoms with E-state index >= 15 is 0 Å². The first kappa shape index (κ1) is 20.8. The van der Waals surface area contributed by atoms with Crippen LogP contribution in [-0.4, -0.2) is 30.5 Å². The predicted molar refractivity (Wildman–Crippen MR) is 105 cm³/mol. The van der Waals surface area contributed by atoms with E-state index < -0.39 is 5.97 Å². The summed E-state index contributed by atoms with van der Waals surface area (Å²) in [5.74, 6) is -0.447. The van der Waals surface area contributed by atoms with Crippen LogP contribution in [0.3, 0.4) is 0 Å². The molecule has 0 aliphatic heterocycles. The number of amides is 1. The Labute approximate surface area is 166 Å². The summed E-state index contributed by atoms with van der Waals surface area (Å²) in [6.45, 7) is 1.77. The Bertz CT molecular complexity index is 853. The Morgan fingerprint density at radius 2 is 1.85 bits per heavy atom. The maximum atomic E-state index is 12.1. The molecule has 0 heterocycles. The highest BCUT2D eigenvalue weighted by molar-refractivity contribution is 7.99. The number of nitrogens with one attached hydrogen (secondary N) is 1. The smallest absolute Gasteiger partial charge is 0.271 e. The molecule has 0 spiro atoms. The Morgan fingerprint density at radius 3 is 2.48 bits per heavy atom. The molecule has 0 radical (unpaired) electrons. The van der Waals surface area contributed by atoms with Crippen molar-refractivity contribution >= 4 is 41.0 Å². The van der Waals surface area contributed by atoms with Crippen molar-refractivity contribution in [1.29, 1.82) is 0 Å². The average molecular weight is 406 g/mol. The van der Waals surface area contributed by atoms with Gasteiger partial charge in [0.2, 0.25) is 0 Å². The zero-order chi connectivity index (χ0) is 19.8. The van der Waals surface area contributed by atoms with Crippen molar-refractivity contribution in [3.8, 4) is 5.75 Å². The topological polar surface area (TPSA) is 90.8 Å². The third-order valence-electron chi connectivity index (χ3n) is 3.61. The number of benzene rings is 2. The van der Waals surface area contributed by atoms with Crippen molar-refractivity contribution in [2.75, 3.05) is 12.9 Å². The van der Waals surface area contributed by atoms with Crippen LogP contribution in [0.1, 0.15) is 28.4 Å². The molecule has 2 rings (SSSR count). The summed E-state index contributed by atoms with van der Waals surface area (Å²) in [6.07, 6.45) is 0. The molecule has 0 fully saturated rings. The molecule has 2 aromatic carbocycles. The number of carbonyl (C=O) groups is 2. The van der Waals surface area contributed by atoms with Gasteiger partial charge < -0.3 is 14.6 Å². The van der Waals surface area contributed by atoms with Crippen LogP contribution < -0.4 is 15.3 Å². The third kappa shape index (κ3) is 6.30. The van der Waals surface area contributed by atoms with E-state index in [4.69, 9.17) is 16.3 Å². The van der Waals surface area contributed by atoms with Crippen LogP contribution in [0.15, 0.2) is 47.6 Å². The lowest BCUT2D eigenvalue weighted by Gasteiger charge is -2.11. The van der Waals surface area contributed by atoms with Crippen LogP contribution in [0.4, 0.5) is 0 Å². The van der Waals surface area contributed by atoms with Gasteiger partial charge in [0.15, 0.2) is 0 Å². The third-order valence-corrected chi connectivity index (χ3v) is 4.81. The van der Waals surface area contributed by atoms with Crippen LogP contribution in [0.2, 0.25) is 5.02 Å². The molecular weight excluding hydrogens is 388 g/mol. The Morgan fingerprint density at radius 1 is 1.19 bits per heavy atom. The molecule has 0 aliphatic carbocycles. The Balaban J connectivity index is 2.10. The van der Waals surface area contributed by atoms with Gasteiger partial charge in [0.05, 0.1) is 18.8 Å². The zero-order valence-corrected chi connectivity index (χ0v) is 16.4. The van der Waals surface area contributed by atoms with Crippen molar-refractivity contribution in [3.63, 3.8) is 0 Å². The minimum Gasteiger partial charge on any atom is -0.549 e. The fraction of sp³-hybridized carbons (Fsp3) is 0.211. The second-order valence-corrected chi connectivity index (χ2v) is 6.96. The monoisotopic (exact) mass is 405 g/mol. The summed E-state index contributed by atoms with van der Waals surface area (Å²) in [4.78, 5) is 22.7. The van der Waals surface area contributed by atoms with Gasteiger partial charge in [-0.25, -0.2) is 5.43 Å². The predicted octanol–water partition coefficient (Wildman–Crippen LogP) is 2.49. The lowest BCUT2D eigenvalue weighted by molar-refractivity contribution is -0.301. The van der Waals surface area contributed by atoms with Gasteiger partial charge in [0.1, 0.15) is 5.75 Å². The maximum absolute atomic E-state index is 12.1. The lowest BCUT2D eigenvalue weighted by Crippen LogP contribution is -2.24. The Kier molecular flexibility index (Phi) is 7.69. The van der Waals surface area contributed by atoms with Crippen molar-refractivity contribution in [2.45, 2.75) is 12.7 Å². The highest BCUT2D eigenvalue weighted by Gasteiger charge is 2.08. The minimum absolute atomic E-state index is 0.0996. The fourth-order valence-electron chi connectivity index (χ4n) is 2.23. The molecular formula is C19H18ClN2O4S-. The number of thioether (sulfide) groups is 1. The molecule has 0 aromatic heterocycles. The van der Waals surface area contributed by atoms with Crippen molar-refractivity contribution < 1.29 is 19.4 Å². The number of aliphatic carboxylic acids is 1. The molecule has 0 saturated heterocycles. The first-order valence-corrected chi connectivity index (χ1v) is 9.49. The highest BCUT2D eigenvalue weighted by Crippen LogP contribution is 2.24. The molecule has 0 saturated carbocycles. The van der Waals surface area contributed by atoms with Gasteiger partial charge >= 0.3 is 0 Å². The first-order chi connectivity index (χ1) is 12.9. The van der Waals surface area contributed by atoms with Crippen LogP contribution in [0.5, 0.6) is 5.75 Å². The lowest BCUT2D eigenvalue weighted by atomic mass is 10.1. The molecule has 0 unspecified atom stereocenters. The van der Waals surface area contributed by atoms with E-state index in [0.717, 1.165) is 11.1 Å². The Hall–Kier alpha value is -2.51. The second-order valence-electron chi connectivity index (χ2n) is 5.54. The van der Waals surface area contributed by atoms with Gasteiger partial charge in [-0.15, -0.1) is 0 Å². The quantitative estimate of drug-likeness (QED) is 0.538. The van der Waals surface area contributed by atoms with E-state index in [1.165, 1.54) is 11.8 Å². The molecule has 0 atom stereocenters. The number of hydrazone groups is 1. The standard InChI is InChI=1S/C19H19ClN2O4S/c1-12(21-22-19(25)13-3-6-16(20)7-4-13)14-5-8-17(26-2)15(9-14)10-27-11-18(23)24/h3-9H,10-11H2,1-2H3,(H,22,25)(H,23,24)/p-1/b21-12-. The minimum atomic E-state index is -1.11. The van der Waals surface area contributed by atoms with E-state index in [1.54, 1.807) is 44.4 Å². The molecule has 1 amide bonds. The van der Waals surface area contributed by atoms with Crippen molar-refractivity contribution in [1.82, 2.24) is 5.43 Å². The van der Waals surface area contributed by atoms with Gasteiger partial charge in [-0.2, -0.15) is 16.9 Å². The number of hydrogen-bond donors (Lipinski definition) is 1. The zero-order valence-electron chi connectivity index (χ0n) is 14.8. The number of hydrogen-bond acceptors (Lipinski definition) is 6. The van der Waals surface area contributed by atoms with Gasteiger partial charge in [0.25, 0.3) is 5.91 Å². The van der Waals surface area contributed by atoms with E-state index in [1.807, 2.05) is 12.1 Å². The highest BCUT2D eigenvalue weighted by atomic mass is 35.5. The summed E-state index contributed by atoms with van der Waals surface area (Å²) in [6, 6.07) is 11.9. The van der Waals surface area contributed by atoms with Gasteiger partial charge in [-0.3, -0.25) is 4.79 Å². The molecule has 27 heavy (non-hydrogen) atoms. The fourth-order valence-corrected chi connectivity index (χ4v) is 3.07. The van der Waals surface area contributed by atoms with Gasteiger partial charge in [-0.05, 0) is 55.0 Å². The number of methoxy groups -OCH3 is 1. The number of carbonyl (C=O) groups excluding carboxylic acids is 2. The summed E-state index contributed by atoms with van der Waals surface area (Å²) in [7, 11) is 1.55. The van der Waals surface area contributed by atoms with Crippen LogP contribution in [0, 0.1) is 0 Å². The maximum Gasteiger partial charge on any atom is 0.271 e. The summed E-state index contributed by atoms with van der Waals surface area (Å²) >= 11 is 7.03. The summed E-state index contributed by atoms with van der Waals surface area (Å²) in [5.41, 5.74) is 5.18. The molecule has 2 aromatic rings. The molecule has 0 bridgehead atoms. The number of nitrogens with zero attached hydrogens (tertiary/aromatic N) is 1. The molecule has 8 heteroatoms. The van der Waals surface area contributed by atoms with Crippen LogP contribution in [0.25, 0.3) is 0 Å². The normalized spacial score (nSPS) is 11.1. The van der Waals surface area contributed by atoms with Crippen LogP contribution in [-0.2, 0) is 10.5 Å².